The summed E-state index contributed by atoms with van der Waals surface area (Å²) in [5, 5.41) is 9.16. The van der Waals surface area contributed by atoms with Crippen molar-refractivity contribution >= 4 is 5.97 Å². The molecule has 0 saturated carbocycles. The Labute approximate surface area is 91.9 Å². The fraction of sp³-hybridized carbons (Fsp3) is 0. The number of ether oxygens (including phenoxy) is 1. The molecule has 0 atom stereocenters. The summed E-state index contributed by atoms with van der Waals surface area (Å²) >= 11 is 0. The molecule has 0 spiro atoms. The molecule has 0 radical (unpaired) electrons. The number of rotatable bonds is 2. The lowest BCUT2D eigenvalue weighted by molar-refractivity contribution is 0.0697. The van der Waals surface area contributed by atoms with Gasteiger partial charge in [0.1, 0.15) is 5.56 Å². The molecule has 2 aromatic carbocycles. The molecule has 1 N–H and O–H groups in total. The molecular weight excluding hydrogens is 204 g/mol. The Morgan fingerprint density at radius 2 is 1.81 bits per heavy atom. The first kappa shape index (κ1) is 8.97. The lowest BCUT2D eigenvalue weighted by atomic mass is 10.00. The number of carboxylic acids is 1. The molecule has 78 valence electrons. The monoisotopic (exact) mass is 212 g/mol. The van der Waals surface area contributed by atoms with Crippen molar-refractivity contribution in [2.75, 3.05) is 0 Å². The lowest BCUT2D eigenvalue weighted by Gasteiger charge is -2.02. The maximum Gasteiger partial charge on any atom is 0.340 e. The van der Waals surface area contributed by atoms with E-state index in [1.165, 1.54) is 0 Å². The van der Waals surface area contributed by atoms with Crippen LogP contribution < -0.4 is 4.74 Å². The molecule has 16 heavy (non-hydrogen) atoms. The van der Waals surface area contributed by atoms with Gasteiger partial charge >= 0.3 is 5.97 Å². The van der Waals surface area contributed by atoms with Gasteiger partial charge in [0.25, 0.3) is 0 Å². The topological polar surface area (TPSA) is 49.8 Å². The molecule has 3 rings (SSSR count). The summed E-state index contributed by atoms with van der Waals surface area (Å²) in [5.74, 6) is 0.208. The number of carboxylic acid groups (broad SMARTS) is 1. The van der Waals surface area contributed by atoms with E-state index in [0.29, 0.717) is 17.1 Å². The van der Waals surface area contributed by atoms with Gasteiger partial charge in [0, 0.05) is 5.56 Å². The van der Waals surface area contributed by atoms with E-state index in [9.17, 15) is 4.79 Å². The van der Waals surface area contributed by atoms with E-state index in [1.54, 1.807) is 12.1 Å². The van der Waals surface area contributed by atoms with Crippen molar-refractivity contribution in [2.45, 2.75) is 0 Å². The largest absolute Gasteiger partial charge is 0.478 e. The van der Waals surface area contributed by atoms with Gasteiger partial charge in [-0.15, -0.1) is 0 Å². The summed E-state index contributed by atoms with van der Waals surface area (Å²) in [5.41, 5.74) is 1.84. The third kappa shape index (κ3) is 1.26. The molecule has 0 amide bonds. The third-order valence-electron chi connectivity index (χ3n) is 2.59. The molecular formula is C13H8O3. The van der Waals surface area contributed by atoms with Crippen LogP contribution in [-0.4, -0.2) is 11.1 Å². The van der Waals surface area contributed by atoms with Crippen molar-refractivity contribution in [3.8, 4) is 22.6 Å². The molecule has 3 heteroatoms. The summed E-state index contributed by atoms with van der Waals surface area (Å²) in [6, 6.07) is 13.0. The van der Waals surface area contributed by atoms with Gasteiger partial charge in [-0.2, -0.15) is 0 Å². The fourth-order valence-corrected chi connectivity index (χ4v) is 1.80. The van der Waals surface area contributed by atoms with E-state index >= 15 is 0 Å². The first-order valence-corrected chi connectivity index (χ1v) is 4.91. The first-order valence-electron chi connectivity index (χ1n) is 4.91. The van der Waals surface area contributed by atoms with Crippen molar-refractivity contribution in [1.82, 2.24) is 0 Å². The highest BCUT2D eigenvalue weighted by atomic mass is 16.6. The minimum Gasteiger partial charge on any atom is -0.478 e. The third-order valence-corrected chi connectivity index (χ3v) is 2.59. The molecule has 0 saturated heterocycles. The highest BCUT2D eigenvalue weighted by Gasteiger charge is 2.31. The SMILES string of the molecule is O=C(O)c1c(-c2ccccc2)ccc2c1O2. The van der Waals surface area contributed by atoms with E-state index in [-0.39, 0.29) is 5.56 Å². The van der Waals surface area contributed by atoms with Gasteiger partial charge in [-0.3, -0.25) is 0 Å². The predicted molar refractivity (Wildman–Crippen MR) is 58.9 cm³/mol. The summed E-state index contributed by atoms with van der Waals surface area (Å²) in [7, 11) is 0. The lowest BCUT2D eigenvalue weighted by Crippen LogP contribution is -1.97. The number of hydrogen-bond donors (Lipinski definition) is 1. The van der Waals surface area contributed by atoms with Crippen molar-refractivity contribution in [3.05, 3.63) is 48.0 Å². The van der Waals surface area contributed by atoms with E-state index in [2.05, 4.69) is 0 Å². The summed E-state index contributed by atoms with van der Waals surface area (Å²) in [4.78, 5) is 11.2. The van der Waals surface area contributed by atoms with Crippen LogP contribution in [0.1, 0.15) is 10.4 Å². The highest BCUT2D eigenvalue weighted by molar-refractivity contribution is 6.02. The van der Waals surface area contributed by atoms with Crippen molar-refractivity contribution in [1.29, 1.82) is 0 Å². The quantitative estimate of drug-likeness (QED) is 0.664. The predicted octanol–water partition coefficient (Wildman–Crippen LogP) is 3.16. The zero-order valence-electron chi connectivity index (χ0n) is 8.31. The van der Waals surface area contributed by atoms with E-state index in [0.717, 1.165) is 5.56 Å². The second kappa shape index (κ2) is 3.10. The normalized spacial score (nSPS) is 11.5. The summed E-state index contributed by atoms with van der Waals surface area (Å²) < 4.78 is 5.11. The Bertz CT molecular complexity index is 573. The Morgan fingerprint density at radius 1 is 1.06 bits per heavy atom. The number of fused-ring (bicyclic) bond motifs is 1. The van der Waals surface area contributed by atoms with Crippen molar-refractivity contribution in [2.24, 2.45) is 0 Å². The second-order valence-electron chi connectivity index (χ2n) is 3.59. The van der Waals surface area contributed by atoms with Gasteiger partial charge in [0.05, 0.1) is 0 Å². The average molecular weight is 212 g/mol. The van der Waals surface area contributed by atoms with Crippen LogP contribution in [0.15, 0.2) is 42.5 Å². The Morgan fingerprint density at radius 3 is 2.50 bits per heavy atom. The second-order valence-corrected chi connectivity index (χ2v) is 3.59. The van der Waals surface area contributed by atoms with Crippen LogP contribution in [0.25, 0.3) is 11.1 Å². The van der Waals surface area contributed by atoms with Crippen LogP contribution in [0.5, 0.6) is 11.5 Å². The van der Waals surface area contributed by atoms with Gasteiger partial charge in [-0.05, 0) is 17.7 Å². The molecule has 2 aromatic rings. The van der Waals surface area contributed by atoms with Crippen LogP contribution in [0.2, 0.25) is 0 Å². The smallest absolute Gasteiger partial charge is 0.340 e. The molecule has 0 aliphatic carbocycles. The Balaban J connectivity index is 2.23. The minimum atomic E-state index is -0.951. The van der Waals surface area contributed by atoms with E-state index in [4.69, 9.17) is 9.84 Å². The maximum absolute atomic E-state index is 11.2. The number of aromatic carboxylic acids is 1. The summed E-state index contributed by atoms with van der Waals surface area (Å²) in [6.07, 6.45) is 0. The van der Waals surface area contributed by atoms with Gasteiger partial charge in [-0.1, -0.05) is 30.3 Å². The number of benzene rings is 2. The standard InChI is InChI=1S/C13H8O3/c14-13(15)11-9(6-7-10-12(11)16-10)8-4-2-1-3-5-8/h1-7H,(H,14,15). The molecule has 0 aromatic heterocycles. The maximum atomic E-state index is 11.2. The molecule has 0 bridgehead atoms. The van der Waals surface area contributed by atoms with Crippen LogP contribution in [-0.2, 0) is 0 Å². The Hall–Kier alpha value is -2.29. The van der Waals surface area contributed by atoms with Crippen molar-refractivity contribution in [3.63, 3.8) is 0 Å². The van der Waals surface area contributed by atoms with Crippen LogP contribution >= 0.6 is 0 Å². The van der Waals surface area contributed by atoms with Crippen LogP contribution in [0.3, 0.4) is 0 Å². The zero-order valence-corrected chi connectivity index (χ0v) is 8.31. The molecule has 3 nitrogen and oxygen atoms in total. The zero-order chi connectivity index (χ0) is 11.1. The van der Waals surface area contributed by atoms with E-state index in [1.807, 2.05) is 30.3 Å². The molecule has 1 aliphatic rings. The van der Waals surface area contributed by atoms with Gasteiger partial charge in [0.2, 0.25) is 0 Å². The van der Waals surface area contributed by atoms with Gasteiger partial charge in [-0.25, -0.2) is 4.79 Å². The highest BCUT2D eigenvalue weighted by Crippen LogP contribution is 2.51. The van der Waals surface area contributed by atoms with Crippen LogP contribution in [0.4, 0.5) is 0 Å². The van der Waals surface area contributed by atoms with E-state index < -0.39 is 5.97 Å². The van der Waals surface area contributed by atoms with Crippen molar-refractivity contribution < 1.29 is 14.6 Å². The molecule has 0 fully saturated rings. The van der Waals surface area contributed by atoms with Gasteiger partial charge < -0.3 is 9.84 Å². The average Bonchev–Trinajstić information content (AvgIpc) is 3.07. The van der Waals surface area contributed by atoms with Crippen LogP contribution in [0, 0.1) is 0 Å². The molecule has 1 aliphatic heterocycles. The summed E-state index contributed by atoms with van der Waals surface area (Å²) in [6.45, 7) is 0. The van der Waals surface area contributed by atoms with Gasteiger partial charge in [0.15, 0.2) is 11.5 Å². The molecule has 1 heterocycles. The number of hydrogen-bond acceptors (Lipinski definition) is 2. The molecule has 0 unspecified atom stereocenters. The first-order chi connectivity index (χ1) is 7.77. The number of carbonyl (C=O) groups is 1. The Kier molecular flexibility index (Phi) is 1.74. The fourth-order valence-electron chi connectivity index (χ4n) is 1.80. The minimum absolute atomic E-state index is 0.253.